The molecule has 1 saturated carbocycles. The van der Waals surface area contributed by atoms with Gasteiger partial charge < -0.3 is 5.32 Å². The average Bonchev–Trinajstić information content (AvgIpc) is 2.37. The first-order valence-electron chi connectivity index (χ1n) is 6.90. The maximum absolute atomic E-state index is 13.1. The minimum atomic E-state index is -0.214. The topological polar surface area (TPSA) is 12.0 Å². The Morgan fingerprint density at radius 3 is 2.60 bits per heavy atom. The van der Waals surface area contributed by atoms with Crippen molar-refractivity contribution in [1.82, 2.24) is 0 Å². The van der Waals surface area contributed by atoms with Crippen LogP contribution in [0.2, 0.25) is 0 Å². The van der Waals surface area contributed by atoms with Crippen molar-refractivity contribution in [1.29, 1.82) is 0 Å². The third-order valence-electron chi connectivity index (χ3n) is 4.06. The molecule has 1 nitrogen and oxygen atoms in total. The fraction of sp³-hybridized carbons (Fsp3) is 0.294. The first-order valence-corrected chi connectivity index (χ1v) is 7.70. The largest absolute Gasteiger partial charge is 0.381 e. The zero-order chi connectivity index (χ0) is 14.1. The van der Waals surface area contributed by atoms with Gasteiger partial charge in [-0.2, -0.15) is 0 Å². The van der Waals surface area contributed by atoms with Crippen LogP contribution in [0.1, 0.15) is 29.9 Å². The van der Waals surface area contributed by atoms with Gasteiger partial charge in [-0.25, -0.2) is 4.39 Å². The predicted molar refractivity (Wildman–Crippen MR) is 84.7 cm³/mol. The second-order valence-electron chi connectivity index (χ2n) is 5.49. The molecular weight excluding hydrogens is 317 g/mol. The lowest BCUT2D eigenvalue weighted by Crippen LogP contribution is -2.34. The Bertz CT molecular complexity index is 620. The molecule has 0 aliphatic heterocycles. The lowest BCUT2D eigenvalue weighted by molar-refractivity contribution is 0.373. The molecule has 2 aromatic carbocycles. The number of rotatable bonds is 3. The number of nitrogens with one attached hydrogen (secondary N) is 1. The number of hydrogen-bond acceptors (Lipinski definition) is 1. The molecule has 0 spiro atoms. The van der Waals surface area contributed by atoms with Gasteiger partial charge >= 0.3 is 0 Å². The molecule has 1 aliphatic rings. The highest BCUT2D eigenvalue weighted by molar-refractivity contribution is 9.10. The van der Waals surface area contributed by atoms with E-state index < -0.39 is 0 Å². The van der Waals surface area contributed by atoms with Crippen LogP contribution in [0.5, 0.6) is 0 Å². The van der Waals surface area contributed by atoms with Gasteiger partial charge in [0.25, 0.3) is 0 Å². The quantitative estimate of drug-likeness (QED) is 0.808. The van der Waals surface area contributed by atoms with Crippen LogP contribution >= 0.6 is 15.9 Å². The Labute approximate surface area is 127 Å². The van der Waals surface area contributed by atoms with Gasteiger partial charge in [-0.3, -0.25) is 0 Å². The molecule has 104 valence electrons. The Morgan fingerprint density at radius 2 is 1.90 bits per heavy atom. The summed E-state index contributed by atoms with van der Waals surface area (Å²) in [4.78, 5) is 0. The van der Waals surface area contributed by atoms with Crippen LogP contribution in [-0.2, 0) is 0 Å². The van der Waals surface area contributed by atoms with Crippen LogP contribution in [-0.4, -0.2) is 6.04 Å². The number of hydrogen-bond donors (Lipinski definition) is 1. The molecule has 0 heterocycles. The molecule has 0 saturated heterocycles. The van der Waals surface area contributed by atoms with E-state index in [4.69, 9.17) is 0 Å². The second kappa shape index (κ2) is 5.57. The predicted octanol–water partition coefficient (Wildman–Crippen LogP) is 5.25. The molecule has 0 unspecified atom stereocenters. The van der Waals surface area contributed by atoms with E-state index in [-0.39, 0.29) is 5.82 Å². The van der Waals surface area contributed by atoms with Gasteiger partial charge in [-0.05, 0) is 70.9 Å². The highest BCUT2D eigenvalue weighted by atomic mass is 79.9. The van der Waals surface area contributed by atoms with Gasteiger partial charge in [0.1, 0.15) is 5.82 Å². The summed E-state index contributed by atoms with van der Waals surface area (Å²) in [6.45, 7) is 2.17. The normalized spacial score (nSPS) is 21.4. The molecule has 1 N–H and O–H groups in total. The van der Waals surface area contributed by atoms with Crippen LogP contribution in [0.3, 0.4) is 0 Å². The van der Waals surface area contributed by atoms with Crippen molar-refractivity contribution in [2.24, 2.45) is 0 Å². The molecule has 0 atom stereocenters. The Kier molecular flexibility index (Phi) is 3.79. The SMILES string of the molecule is Cc1ccccc1C1CC(Nc2ccc(F)cc2Br)C1. The Balaban J connectivity index is 1.62. The first-order chi connectivity index (χ1) is 9.63. The second-order valence-corrected chi connectivity index (χ2v) is 6.34. The van der Waals surface area contributed by atoms with Crippen molar-refractivity contribution >= 4 is 21.6 Å². The van der Waals surface area contributed by atoms with Crippen LogP contribution in [0.15, 0.2) is 46.9 Å². The summed E-state index contributed by atoms with van der Waals surface area (Å²) in [6.07, 6.45) is 2.27. The third kappa shape index (κ3) is 2.73. The van der Waals surface area contributed by atoms with E-state index in [2.05, 4.69) is 52.4 Å². The summed E-state index contributed by atoms with van der Waals surface area (Å²) in [5.41, 5.74) is 3.81. The minimum Gasteiger partial charge on any atom is -0.381 e. The lowest BCUT2D eigenvalue weighted by Gasteiger charge is -2.37. The highest BCUT2D eigenvalue weighted by Gasteiger charge is 2.31. The molecule has 1 aliphatic carbocycles. The molecule has 0 bridgehead atoms. The van der Waals surface area contributed by atoms with E-state index >= 15 is 0 Å². The Morgan fingerprint density at radius 1 is 1.15 bits per heavy atom. The van der Waals surface area contributed by atoms with Crippen molar-refractivity contribution in [3.05, 3.63) is 63.9 Å². The fourth-order valence-electron chi connectivity index (χ4n) is 2.86. The zero-order valence-corrected chi connectivity index (χ0v) is 13.0. The summed E-state index contributed by atoms with van der Waals surface area (Å²) >= 11 is 3.40. The summed E-state index contributed by atoms with van der Waals surface area (Å²) in [5, 5.41) is 3.48. The summed E-state index contributed by atoms with van der Waals surface area (Å²) in [5.74, 6) is 0.432. The van der Waals surface area contributed by atoms with Gasteiger partial charge in [0.15, 0.2) is 0 Å². The maximum atomic E-state index is 13.1. The number of halogens is 2. The molecule has 1 fully saturated rings. The molecule has 0 aromatic heterocycles. The van der Waals surface area contributed by atoms with Gasteiger partial charge in [0, 0.05) is 16.2 Å². The van der Waals surface area contributed by atoms with Crippen LogP contribution < -0.4 is 5.32 Å². The molecule has 20 heavy (non-hydrogen) atoms. The van der Waals surface area contributed by atoms with Crippen LogP contribution in [0.4, 0.5) is 10.1 Å². The maximum Gasteiger partial charge on any atom is 0.124 e. The van der Waals surface area contributed by atoms with Crippen molar-refractivity contribution in [3.8, 4) is 0 Å². The lowest BCUT2D eigenvalue weighted by atomic mass is 9.74. The summed E-state index contributed by atoms with van der Waals surface area (Å²) < 4.78 is 13.8. The van der Waals surface area contributed by atoms with E-state index in [1.54, 1.807) is 6.07 Å². The van der Waals surface area contributed by atoms with Gasteiger partial charge in [-0.15, -0.1) is 0 Å². The Hall–Kier alpha value is -1.35. The monoisotopic (exact) mass is 333 g/mol. The van der Waals surface area contributed by atoms with E-state index in [1.807, 2.05) is 0 Å². The molecule has 2 aromatic rings. The van der Waals surface area contributed by atoms with Crippen molar-refractivity contribution in [2.75, 3.05) is 5.32 Å². The van der Waals surface area contributed by atoms with Crippen molar-refractivity contribution in [3.63, 3.8) is 0 Å². The number of aryl methyl sites for hydroxylation is 1. The van der Waals surface area contributed by atoms with Gasteiger partial charge in [0.05, 0.1) is 0 Å². The van der Waals surface area contributed by atoms with E-state index in [9.17, 15) is 4.39 Å². The fourth-order valence-corrected chi connectivity index (χ4v) is 3.33. The average molecular weight is 334 g/mol. The van der Waals surface area contributed by atoms with Crippen LogP contribution in [0.25, 0.3) is 0 Å². The van der Waals surface area contributed by atoms with Gasteiger partial charge in [0.2, 0.25) is 0 Å². The molecule has 0 amide bonds. The third-order valence-corrected chi connectivity index (χ3v) is 4.71. The summed E-state index contributed by atoms with van der Waals surface area (Å²) in [7, 11) is 0. The number of benzene rings is 2. The molecule has 0 radical (unpaired) electrons. The van der Waals surface area contributed by atoms with E-state index in [0.717, 1.165) is 23.0 Å². The molecular formula is C17H17BrFN. The molecule has 3 rings (SSSR count). The first kappa shape index (κ1) is 13.6. The highest BCUT2D eigenvalue weighted by Crippen LogP contribution is 2.40. The van der Waals surface area contributed by atoms with Gasteiger partial charge in [-0.1, -0.05) is 24.3 Å². The van der Waals surface area contributed by atoms with Crippen LogP contribution in [0, 0.1) is 12.7 Å². The summed E-state index contributed by atoms with van der Waals surface area (Å²) in [6, 6.07) is 13.9. The molecule has 3 heteroatoms. The smallest absolute Gasteiger partial charge is 0.124 e. The van der Waals surface area contributed by atoms with E-state index in [1.165, 1.54) is 23.3 Å². The van der Waals surface area contributed by atoms with Crippen molar-refractivity contribution in [2.45, 2.75) is 31.7 Å². The van der Waals surface area contributed by atoms with E-state index in [0.29, 0.717) is 12.0 Å². The standard InChI is InChI=1S/C17H17BrFN/c1-11-4-2-3-5-15(11)12-8-14(9-12)20-17-7-6-13(19)10-16(17)18/h2-7,10,12,14,20H,8-9H2,1H3. The zero-order valence-electron chi connectivity index (χ0n) is 11.4. The minimum absolute atomic E-state index is 0.214. The number of anilines is 1. The van der Waals surface area contributed by atoms with Crippen molar-refractivity contribution < 1.29 is 4.39 Å².